The van der Waals surface area contributed by atoms with Crippen molar-refractivity contribution in [1.82, 2.24) is 4.90 Å². The van der Waals surface area contributed by atoms with Crippen LogP contribution in [0.5, 0.6) is 5.75 Å². The van der Waals surface area contributed by atoms with Gasteiger partial charge in [0.1, 0.15) is 5.75 Å². The van der Waals surface area contributed by atoms with Crippen LogP contribution in [0.4, 0.5) is 0 Å². The number of likely N-dealkylation sites (tertiary alicyclic amines) is 1. The smallest absolute Gasteiger partial charge is 0.260 e. The Morgan fingerprint density at radius 1 is 1.35 bits per heavy atom. The van der Waals surface area contributed by atoms with Crippen LogP contribution < -0.4 is 10.5 Å². The summed E-state index contributed by atoms with van der Waals surface area (Å²) in [7, 11) is 0. The minimum absolute atomic E-state index is 0.0759. The predicted molar refractivity (Wildman–Crippen MR) is 79.4 cm³/mol. The molecule has 0 spiro atoms. The molecule has 1 heterocycles. The lowest BCUT2D eigenvalue weighted by Crippen LogP contribution is -2.47. The fraction of sp³-hybridized carbons (Fsp3) is 0.562. The van der Waals surface area contributed by atoms with E-state index in [9.17, 15) is 4.79 Å². The summed E-state index contributed by atoms with van der Waals surface area (Å²) >= 11 is 0. The SMILES string of the molecule is CC1CCCN(C(=O)COc2ccc(CN)cc2)C1C. The Balaban J connectivity index is 1.87. The first-order valence-corrected chi connectivity index (χ1v) is 7.33. The molecular weight excluding hydrogens is 252 g/mol. The molecule has 1 fully saturated rings. The molecule has 0 aromatic heterocycles. The van der Waals surface area contributed by atoms with Gasteiger partial charge in [0.05, 0.1) is 0 Å². The van der Waals surface area contributed by atoms with E-state index in [1.165, 1.54) is 6.42 Å². The van der Waals surface area contributed by atoms with Crippen LogP contribution in [-0.2, 0) is 11.3 Å². The molecule has 0 bridgehead atoms. The molecule has 4 heteroatoms. The topological polar surface area (TPSA) is 55.6 Å². The normalized spacial score (nSPS) is 22.6. The lowest BCUT2D eigenvalue weighted by molar-refractivity contribution is -0.137. The van der Waals surface area contributed by atoms with E-state index in [4.69, 9.17) is 10.5 Å². The maximum atomic E-state index is 12.2. The molecule has 1 aromatic rings. The van der Waals surface area contributed by atoms with Crippen LogP contribution in [0.3, 0.4) is 0 Å². The second-order valence-corrected chi connectivity index (χ2v) is 5.58. The van der Waals surface area contributed by atoms with Gasteiger partial charge in [-0.15, -0.1) is 0 Å². The maximum Gasteiger partial charge on any atom is 0.260 e. The zero-order chi connectivity index (χ0) is 14.5. The Morgan fingerprint density at radius 2 is 2.05 bits per heavy atom. The summed E-state index contributed by atoms with van der Waals surface area (Å²) < 4.78 is 5.57. The number of ether oxygens (including phenoxy) is 1. The first kappa shape index (κ1) is 14.9. The van der Waals surface area contributed by atoms with Crippen LogP contribution in [0.2, 0.25) is 0 Å². The highest BCUT2D eigenvalue weighted by atomic mass is 16.5. The lowest BCUT2D eigenvalue weighted by atomic mass is 9.92. The minimum atomic E-state index is 0.0759. The highest BCUT2D eigenvalue weighted by Crippen LogP contribution is 2.23. The molecule has 0 saturated carbocycles. The van der Waals surface area contributed by atoms with Gasteiger partial charge in [-0.05, 0) is 43.4 Å². The summed E-state index contributed by atoms with van der Waals surface area (Å²) in [4.78, 5) is 14.2. The van der Waals surface area contributed by atoms with E-state index in [1.54, 1.807) is 0 Å². The zero-order valence-corrected chi connectivity index (χ0v) is 12.3. The monoisotopic (exact) mass is 276 g/mol. The fourth-order valence-corrected chi connectivity index (χ4v) is 2.64. The predicted octanol–water partition coefficient (Wildman–Crippen LogP) is 2.17. The van der Waals surface area contributed by atoms with E-state index in [0.29, 0.717) is 24.3 Å². The van der Waals surface area contributed by atoms with Gasteiger partial charge in [0.2, 0.25) is 0 Å². The number of amides is 1. The van der Waals surface area contributed by atoms with Crippen molar-refractivity contribution in [3.8, 4) is 5.75 Å². The van der Waals surface area contributed by atoms with Crippen molar-refractivity contribution in [1.29, 1.82) is 0 Å². The molecule has 0 aliphatic carbocycles. The fourth-order valence-electron chi connectivity index (χ4n) is 2.64. The minimum Gasteiger partial charge on any atom is -0.484 e. The molecule has 4 nitrogen and oxygen atoms in total. The summed E-state index contributed by atoms with van der Waals surface area (Å²) in [6, 6.07) is 7.87. The standard InChI is InChI=1S/C16H24N2O2/c1-12-4-3-9-18(13(12)2)16(19)11-20-15-7-5-14(10-17)6-8-15/h5-8,12-13H,3-4,9-11,17H2,1-2H3. The molecule has 1 aliphatic rings. The van der Waals surface area contributed by atoms with Gasteiger partial charge in [0.15, 0.2) is 6.61 Å². The molecule has 1 saturated heterocycles. The van der Waals surface area contributed by atoms with E-state index >= 15 is 0 Å². The summed E-state index contributed by atoms with van der Waals surface area (Å²) in [6.07, 6.45) is 2.29. The number of hydrogen-bond donors (Lipinski definition) is 1. The number of carbonyl (C=O) groups excluding carboxylic acids is 1. The van der Waals surface area contributed by atoms with Gasteiger partial charge in [-0.2, -0.15) is 0 Å². The van der Waals surface area contributed by atoms with E-state index in [1.807, 2.05) is 29.2 Å². The molecule has 1 aromatic carbocycles. The molecule has 110 valence electrons. The van der Waals surface area contributed by atoms with Gasteiger partial charge in [-0.1, -0.05) is 19.1 Å². The van der Waals surface area contributed by atoms with Crippen LogP contribution in [0.25, 0.3) is 0 Å². The van der Waals surface area contributed by atoms with Gasteiger partial charge in [-0.3, -0.25) is 4.79 Å². The van der Waals surface area contributed by atoms with Gasteiger partial charge >= 0.3 is 0 Å². The van der Waals surface area contributed by atoms with Crippen molar-refractivity contribution in [2.24, 2.45) is 11.7 Å². The number of nitrogens with two attached hydrogens (primary N) is 1. The van der Waals surface area contributed by atoms with Crippen LogP contribution in [0, 0.1) is 5.92 Å². The molecule has 1 aliphatic heterocycles. The Morgan fingerprint density at radius 3 is 2.70 bits per heavy atom. The highest BCUT2D eigenvalue weighted by Gasteiger charge is 2.28. The number of carbonyl (C=O) groups is 1. The third kappa shape index (κ3) is 3.51. The van der Waals surface area contributed by atoms with E-state index in [-0.39, 0.29) is 12.5 Å². The summed E-state index contributed by atoms with van der Waals surface area (Å²) in [6.45, 7) is 5.80. The number of hydrogen-bond acceptors (Lipinski definition) is 3. The molecule has 2 N–H and O–H groups in total. The van der Waals surface area contributed by atoms with Gasteiger partial charge < -0.3 is 15.4 Å². The van der Waals surface area contributed by atoms with Crippen LogP contribution in [0.1, 0.15) is 32.3 Å². The lowest BCUT2D eigenvalue weighted by Gasteiger charge is -2.37. The summed E-state index contributed by atoms with van der Waals surface area (Å²) in [5.41, 5.74) is 6.60. The Labute approximate surface area is 120 Å². The van der Waals surface area contributed by atoms with Crippen LogP contribution >= 0.6 is 0 Å². The molecule has 2 atom stereocenters. The number of rotatable bonds is 4. The average Bonchev–Trinajstić information content (AvgIpc) is 2.48. The Bertz CT molecular complexity index is 444. The van der Waals surface area contributed by atoms with Crippen molar-refractivity contribution in [2.45, 2.75) is 39.3 Å². The van der Waals surface area contributed by atoms with Crippen LogP contribution in [-0.4, -0.2) is 30.0 Å². The third-order valence-electron chi connectivity index (χ3n) is 4.22. The summed E-state index contributed by atoms with van der Waals surface area (Å²) in [5.74, 6) is 1.36. The molecular formula is C16H24N2O2. The largest absolute Gasteiger partial charge is 0.484 e. The number of benzene rings is 1. The van der Waals surface area contributed by atoms with Crippen molar-refractivity contribution >= 4 is 5.91 Å². The first-order valence-electron chi connectivity index (χ1n) is 7.33. The first-order chi connectivity index (χ1) is 9.61. The second-order valence-electron chi connectivity index (χ2n) is 5.58. The van der Waals surface area contributed by atoms with E-state index in [2.05, 4.69) is 13.8 Å². The quantitative estimate of drug-likeness (QED) is 0.917. The molecule has 2 rings (SSSR count). The Hall–Kier alpha value is -1.55. The van der Waals surface area contributed by atoms with Crippen molar-refractivity contribution < 1.29 is 9.53 Å². The van der Waals surface area contributed by atoms with Crippen molar-refractivity contribution in [3.05, 3.63) is 29.8 Å². The van der Waals surface area contributed by atoms with E-state index < -0.39 is 0 Å². The van der Waals surface area contributed by atoms with Gasteiger partial charge in [0.25, 0.3) is 5.91 Å². The zero-order valence-electron chi connectivity index (χ0n) is 12.3. The van der Waals surface area contributed by atoms with Crippen molar-refractivity contribution in [3.63, 3.8) is 0 Å². The van der Waals surface area contributed by atoms with Gasteiger partial charge in [-0.25, -0.2) is 0 Å². The number of nitrogens with zero attached hydrogens (tertiary/aromatic N) is 1. The third-order valence-corrected chi connectivity index (χ3v) is 4.22. The summed E-state index contributed by atoms with van der Waals surface area (Å²) in [5, 5.41) is 0. The average molecular weight is 276 g/mol. The molecule has 0 radical (unpaired) electrons. The maximum absolute atomic E-state index is 12.2. The van der Waals surface area contributed by atoms with E-state index in [0.717, 1.165) is 18.5 Å². The number of piperidine rings is 1. The molecule has 2 unspecified atom stereocenters. The van der Waals surface area contributed by atoms with Gasteiger partial charge in [0, 0.05) is 19.1 Å². The molecule has 1 amide bonds. The molecule has 20 heavy (non-hydrogen) atoms. The van der Waals surface area contributed by atoms with Crippen molar-refractivity contribution in [2.75, 3.05) is 13.2 Å². The second kappa shape index (κ2) is 6.75. The van der Waals surface area contributed by atoms with Crippen LogP contribution in [0.15, 0.2) is 24.3 Å². The Kier molecular flexibility index (Phi) is 5.01. The highest BCUT2D eigenvalue weighted by molar-refractivity contribution is 5.78.